The molecule has 0 saturated carbocycles. The Balaban J connectivity index is 2.08. The van der Waals surface area contributed by atoms with Crippen molar-refractivity contribution in [2.24, 2.45) is 7.05 Å². The molecule has 2 heterocycles. The van der Waals surface area contributed by atoms with Gasteiger partial charge < -0.3 is 5.11 Å². The van der Waals surface area contributed by atoms with Crippen molar-refractivity contribution >= 4 is 11.8 Å². The van der Waals surface area contributed by atoms with Crippen molar-refractivity contribution in [1.29, 1.82) is 0 Å². The van der Waals surface area contributed by atoms with Gasteiger partial charge in [0.05, 0.1) is 6.20 Å². The van der Waals surface area contributed by atoms with Crippen LogP contribution in [0, 0.1) is 0 Å². The molecule has 1 N–H and O–H groups in total. The summed E-state index contributed by atoms with van der Waals surface area (Å²) >= 11 is 1.70. The first-order valence-corrected chi connectivity index (χ1v) is 7.08. The molecule has 2 rings (SSSR count). The molecule has 1 saturated heterocycles. The number of nitrogens with zero attached hydrogens (tertiary/aromatic N) is 3. The van der Waals surface area contributed by atoms with Gasteiger partial charge in [-0.1, -0.05) is 0 Å². The molecule has 1 aromatic heterocycles. The van der Waals surface area contributed by atoms with Crippen molar-refractivity contribution in [1.82, 2.24) is 14.7 Å². The molecular formula is C11H16F3N3OS. The summed E-state index contributed by atoms with van der Waals surface area (Å²) in [5.74, 6) is 1.50. The molecule has 8 heteroatoms. The van der Waals surface area contributed by atoms with Crippen LogP contribution in [0.2, 0.25) is 0 Å². The van der Waals surface area contributed by atoms with E-state index < -0.39 is 12.3 Å². The number of alkyl halides is 3. The molecule has 0 unspecified atom stereocenters. The van der Waals surface area contributed by atoms with E-state index in [2.05, 4.69) is 5.10 Å². The quantitative estimate of drug-likeness (QED) is 0.916. The zero-order chi connectivity index (χ0) is 14.0. The fraction of sp³-hybridized carbons (Fsp3) is 0.727. The van der Waals surface area contributed by atoms with E-state index in [1.807, 2.05) is 6.20 Å². The molecule has 0 aromatic carbocycles. The van der Waals surface area contributed by atoms with Crippen LogP contribution in [-0.4, -0.2) is 56.7 Å². The number of aromatic nitrogens is 2. The van der Waals surface area contributed by atoms with E-state index >= 15 is 0 Å². The summed E-state index contributed by atoms with van der Waals surface area (Å²) in [5.41, 5.74) is 0.893. The zero-order valence-corrected chi connectivity index (χ0v) is 11.3. The highest BCUT2D eigenvalue weighted by Crippen LogP contribution is 2.31. The second-order valence-corrected chi connectivity index (χ2v) is 5.74. The van der Waals surface area contributed by atoms with Gasteiger partial charge in [0.15, 0.2) is 6.10 Å². The predicted molar refractivity (Wildman–Crippen MR) is 66.9 cm³/mol. The highest BCUT2D eigenvalue weighted by molar-refractivity contribution is 7.99. The summed E-state index contributed by atoms with van der Waals surface area (Å²) in [4.78, 5) is 1.69. The van der Waals surface area contributed by atoms with Gasteiger partial charge in [0, 0.05) is 49.4 Å². The Morgan fingerprint density at radius 1 is 1.58 bits per heavy atom. The molecule has 2 atom stereocenters. The molecule has 1 aromatic rings. The highest BCUT2D eigenvalue weighted by atomic mass is 32.2. The lowest BCUT2D eigenvalue weighted by atomic mass is 10.1. The molecule has 108 valence electrons. The van der Waals surface area contributed by atoms with Gasteiger partial charge in [-0.25, -0.2) is 0 Å². The third kappa shape index (κ3) is 3.64. The van der Waals surface area contributed by atoms with Crippen molar-refractivity contribution in [2.45, 2.75) is 18.3 Å². The lowest BCUT2D eigenvalue weighted by molar-refractivity contribution is -0.209. The summed E-state index contributed by atoms with van der Waals surface area (Å²) in [5, 5.41) is 13.3. The number of aryl methyl sites for hydroxylation is 1. The van der Waals surface area contributed by atoms with Gasteiger partial charge in [-0.2, -0.15) is 30.0 Å². The van der Waals surface area contributed by atoms with E-state index in [9.17, 15) is 18.3 Å². The van der Waals surface area contributed by atoms with Crippen LogP contribution >= 0.6 is 11.8 Å². The zero-order valence-electron chi connectivity index (χ0n) is 10.5. The number of thioether (sulfide) groups is 1. The van der Waals surface area contributed by atoms with E-state index in [1.54, 1.807) is 34.6 Å². The second-order valence-electron chi connectivity index (χ2n) is 4.59. The van der Waals surface area contributed by atoms with Crippen molar-refractivity contribution in [2.75, 3.05) is 24.6 Å². The summed E-state index contributed by atoms with van der Waals surface area (Å²) in [6, 6.07) is -0.121. The molecule has 1 aliphatic rings. The Kier molecular flexibility index (Phi) is 4.42. The molecule has 0 spiro atoms. The van der Waals surface area contributed by atoms with Gasteiger partial charge in [0.1, 0.15) is 0 Å². The minimum absolute atomic E-state index is 0.121. The fourth-order valence-corrected chi connectivity index (χ4v) is 3.26. The van der Waals surface area contributed by atoms with E-state index in [-0.39, 0.29) is 12.6 Å². The summed E-state index contributed by atoms with van der Waals surface area (Å²) in [7, 11) is 1.77. The first kappa shape index (κ1) is 14.7. The predicted octanol–water partition coefficient (Wildman–Crippen LogP) is 1.43. The van der Waals surface area contributed by atoms with Crippen LogP contribution in [0.25, 0.3) is 0 Å². The second kappa shape index (κ2) is 5.72. The average Bonchev–Trinajstić information content (AvgIpc) is 2.75. The van der Waals surface area contributed by atoms with Crippen LogP contribution < -0.4 is 0 Å². The first-order valence-electron chi connectivity index (χ1n) is 5.93. The summed E-state index contributed by atoms with van der Waals surface area (Å²) < 4.78 is 39.0. The van der Waals surface area contributed by atoms with Crippen LogP contribution in [0.4, 0.5) is 13.2 Å². The number of rotatable bonds is 3. The van der Waals surface area contributed by atoms with Crippen molar-refractivity contribution in [3.63, 3.8) is 0 Å². The third-order valence-corrected chi connectivity index (χ3v) is 4.16. The minimum atomic E-state index is -4.57. The Labute approximate surface area is 113 Å². The molecular weight excluding hydrogens is 279 g/mol. The average molecular weight is 295 g/mol. The molecule has 0 aliphatic carbocycles. The van der Waals surface area contributed by atoms with Crippen LogP contribution in [0.5, 0.6) is 0 Å². The van der Waals surface area contributed by atoms with E-state index in [1.165, 1.54) is 0 Å². The molecule has 0 amide bonds. The van der Waals surface area contributed by atoms with Crippen LogP contribution in [0.15, 0.2) is 12.4 Å². The van der Waals surface area contributed by atoms with E-state index in [0.29, 0.717) is 6.54 Å². The van der Waals surface area contributed by atoms with Gasteiger partial charge >= 0.3 is 6.18 Å². The lowest BCUT2D eigenvalue weighted by Crippen LogP contribution is -2.45. The Morgan fingerprint density at radius 3 is 2.89 bits per heavy atom. The maximum atomic E-state index is 12.4. The number of β-amino-alcohol motifs (C(OH)–C–C–N with tert-alkyl or cyclic N) is 1. The Bertz CT molecular complexity index is 424. The fourth-order valence-electron chi connectivity index (χ4n) is 2.10. The molecule has 0 radical (unpaired) electrons. The Morgan fingerprint density at radius 2 is 2.32 bits per heavy atom. The number of halogens is 3. The first-order chi connectivity index (χ1) is 8.88. The van der Waals surface area contributed by atoms with Crippen LogP contribution in [0.3, 0.4) is 0 Å². The van der Waals surface area contributed by atoms with Crippen LogP contribution in [0.1, 0.15) is 11.6 Å². The van der Waals surface area contributed by atoms with E-state index in [0.717, 1.165) is 17.1 Å². The van der Waals surface area contributed by atoms with E-state index in [4.69, 9.17) is 0 Å². The molecule has 0 bridgehead atoms. The summed E-state index contributed by atoms with van der Waals surface area (Å²) in [6.07, 6.45) is -3.38. The largest absolute Gasteiger partial charge is 0.415 e. The van der Waals surface area contributed by atoms with Crippen molar-refractivity contribution in [3.05, 3.63) is 18.0 Å². The van der Waals surface area contributed by atoms with Gasteiger partial charge in [-0.15, -0.1) is 0 Å². The highest BCUT2D eigenvalue weighted by Gasteiger charge is 2.40. The Hall–Kier alpha value is -0.730. The van der Waals surface area contributed by atoms with Gasteiger partial charge in [-0.3, -0.25) is 9.58 Å². The number of hydrogen-bond donors (Lipinski definition) is 1. The molecule has 1 fully saturated rings. The van der Waals surface area contributed by atoms with Crippen molar-refractivity contribution in [3.8, 4) is 0 Å². The molecule has 19 heavy (non-hydrogen) atoms. The van der Waals surface area contributed by atoms with Gasteiger partial charge in [0.2, 0.25) is 0 Å². The third-order valence-electron chi connectivity index (χ3n) is 3.13. The smallest absolute Gasteiger partial charge is 0.382 e. The standard InChI is InChI=1S/C11H16F3N3OS/c1-16-5-8(4-15-16)9-7-19-3-2-17(9)6-10(18)11(12,13)14/h4-5,9-10,18H,2-3,6-7H2,1H3/t9-,10+/m1/s1. The van der Waals surface area contributed by atoms with Gasteiger partial charge in [-0.05, 0) is 0 Å². The summed E-state index contributed by atoms with van der Waals surface area (Å²) in [6.45, 7) is 0.154. The minimum Gasteiger partial charge on any atom is -0.382 e. The topological polar surface area (TPSA) is 41.3 Å². The van der Waals surface area contributed by atoms with Crippen molar-refractivity contribution < 1.29 is 18.3 Å². The lowest BCUT2D eigenvalue weighted by Gasteiger charge is -2.36. The van der Waals surface area contributed by atoms with Crippen LogP contribution in [-0.2, 0) is 7.05 Å². The maximum absolute atomic E-state index is 12.4. The SMILES string of the molecule is Cn1cc([C@H]2CSCCN2C[C@H](O)C(F)(F)F)cn1. The van der Waals surface area contributed by atoms with Gasteiger partial charge in [0.25, 0.3) is 0 Å². The molecule has 1 aliphatic heterocycles. The molecule has 4 nitrogen and oxygen atoms in total. The monoisotopic (exact) mass is 295 g/mol. The maximum Gasteiger partial charge on any atom is 0.415 e. The number of aliphatic hydroxyl groups excluding tert-OH is 1. The normalized spacial score (nSPS) is 23.5. The number of aliphatic hydroxyl groups is 1. The number of hydrogen-bond acceptors (Lipinski definition) is 4.